The molecule has 32 heavy (non-hydrogen) atoms. The molecule has 2 atom stereocenters. The van der Waals surface area contributed by atoms with Gasteiger partial charge in [-0.05, 0) is 46.4 Å². The van der Waals surface area contributed by atoms with Crippen molar-refractivity contribution in [3.05, 3.63) is 70.8 Å². The fraction of sp³-hybridized carbons (Fsp3) is 0.536. The summed E-state index contributed by atoms with van der Waals surface area (Å²) in [6.45, 7) is 16.4. The van der Waals surface area contributed by atoms with Crippen molar-refractivity contribution in [1.29, 1.82) is 0 Å². The van der Waals surface area contributed by atoms with Crippen LogP contribution in [0, 0.1) is 0 Å². The van der Waals surface area contributed by atoms with E-state index in [1.807, 2.05) is 6.92 Å². The average Bonchev–Trinajstić information content (AvgIpc) is 3.15. The number of hydrogen-bond acceptors (Lipinski definition) is 3. The normalized spacial score (nSPS) is 19.2. The summed E-state index contributed by atoms with van der Waals surface area (Å²) in [6.07, 6.45) is 0.534. The van der Waals surface area contributed by atoms with E-state index in [0.29, 0.717) is 6.61 Å². The number of alkyl carbamates (subject to hydrolysis) is 1. The molecule has 0 bridgehead atoms. The predicted molar refractivity (Wildman–Crippen MR) is 132 cm³/mol. The third-order valence-corrected chi connectivity index (χ3v) is 6.44. The van der Waals surface area contributed by atoms with Gasteiger partial charge in [0.25, 0.3) is 0 Å². The number of carbonyl (C=O) groups excluding carboxylic acids is 1. The summed E-state index contributed by atoms with van der Waals surface area (Å²) in [7, 11) is 0. The van der Waals surface area contributed by atoms with Gasteiger partial charge in [-0.3, -0.25) is 0 Å². The van der Waals surface area contributed by atoms with Crippen molar-refractivity contribution < 1.29 is 9.53 Å². The molecule has 1 fully saturated rings. The summed E-state index contributed by atoms with van der Waals surface area (Å²) in [5.41, 5.74) is 5.53. The minimum atomic E-state index is -0.333. The van der Waals surface area contributed by atoms with Crippen molar-refractivity contribution >= 4 is 6.09 Å². The van der Waals surface area contributed by atoms with Crippen molar-refractivity contribution in [2.45, 2.75) is 83.7 Å². The minimum absolute atomic E-state index is 0.0734. The van der Waals surface area contributed by atoms with E-state index in [0.717, 1.165) is 13.0 Å². The largest absolute Gasteiger partial charge is 0.450 e. The van der Waals surface area contributed by atoms with Crippen LogP contribution in [0.15, 0.2) is 48.5 Å². The Bertz CT molecular complexity index is 832. The molecular weight excluding hydrogens is 396 g/mol. The van der Waals surface area contributed by atoms with Crippen LogP contribution >= 0.6 is 0 Å². The monoisotopic (exact) mass is 436 g/mol. The Morgan fingerprint density at radius 1 is 0.938 bits per heavy atom. The molecule has 2 aromatic carbocycles. The van der Waals surface area contributed by atoms with Gasteiger partial charge in [-0.15, -0.1) is 0 Å². The Labute approximate surface area is 194 Å². The molecule has 1 aliphatic heterocycles. The highest BCUT2D eigenvalue weighted by atomic mass is 16.5. The lowest BCUT2D eigenvalue weighted by Crippen LogP contribution is -2.36. The smallest absolute Gasteiger partial charge is 0.407 e. The number of hydrogen-bond donors (Lipinski definition) is 2. The van der Waals surface area contributed by atoms with Gasteiger partial charge in [0.05, 0.1) is 6.61 Å². The molecule has 174 valence electrons. The van der Waals surface area contributed by atoms with Gasteiger partial charge < -0.3 is 15.4 Å². The molecule has 4 nitrogen and oxygen atoms in total. The quantitative estimate of drug-likeness (QED) is 0.614. The molecule has 2 aromatic rings. The van der Waals surface area contributed by atoms with E-state index in [2.05, 4.69) is 101 Å². The maximum absolute atomic E-state index is 11.9. The zero-order chi connectivity index (χ0) is 23.5. The molecule has 2 unspecified atom stereocenters. The highest BCUT2D eigenvalue weighted by Gasteiger charge is 2.33. The summed E-state index contributed by atoms with van der Waals surface area (Å²) in [5.74, 6) is 0.215. The molecule has 0 aromatic heterocycles. The minimum Gasteiger partial charge on any atom is -0.450 e. The van der Waals surface area contributed by atoms with Crippen LogP contribution in [0.3, 0.4) is 0 Å². The average molecular weight is 437 g/mol. The highest BCUT2D eigenvalue weighted by Crippen LogP contribution is 2.35. The van der Waals surface area contributed by atoms with Crippen molar-refractivity contribution in [3.8, 4) is 0 Å². The van der Waals surface area contributed by atoms with Crippen molar-refractivity contribution in [2.75, 3.05) is 13.2 Å². The molecule has 0 saturated carbocycles. The first kappa shape index (κ1) is 24.3. The summed E-state index contributed by atoms with van der Waals surface area (Å²) in [5, 5.41) is 6.67. The summed E-state index contributed by atoms with van der Waals surface area (Å²) in [4.78, 5) is 11.9. The lowest BCUT2D eigenvalue weighted by molar-refractivity contribution is 0.148. The first-order valence-corrected chi connectivity index (χ1v) is 11.9. The molecule has 1 heterocycles. The summed E-state index contributed by atoms with van der Waals surface area (Å²) >= 11 is 0. The molecule has 1 saturated heterocycles. The van der Waals surface area contributed by atoms with E-state index in [-0.39, 0.29) is 34.9 Å². The molecular formula is C28H40N2O2. The number of rotatable bonds is 5. The zero-order valence-electron chi connectivity index (χ0n) is 20.8. The number of carbonyl (C=O) groups is 1. The van der Waals surface area contributed by atoms with E-state index < -0.39 is 0 Å². The van der Waals surface area contributed by atoms with E-state index in [4.69, 9.17) is 4.74 Å². The van der Waals surface area contributed by atoms with Crippen LogP contribution < -0.4 is 10.6 Å². The van der Waals surface area contributed by atoms with Crippen molar-refractivity contribution in [1.82, 2.24) is 10.6 Å². The highest BCUT2D eigenvalue weighted by molar-refractivity contribution is 5.67. The Kier molecular flexibility index (Phi) is 7.34. The van der Waals surface area contributed by atoms with Gasteiger partial charge in [0.2, 0.25) is 0 Å². The molecule has 2 N–H and O–H groups in total. The standard InChI is InChI=1S/C28H40N2O2/c1-8-32-26(31)30-23-17-24(29-18-23)25(19-9-13-21(14-10-19)27(2,3)4)20-11-15-22(16-12-20)28(5,6)7/h9-16,23-25,29H,8,17-18H2,1-7H3,(H,30,31). The van der Waals surface area contributed by atoms with Crippen LogP contribution in [0.25, 0.3) is 0 Å². The molecule has 0 aliphatic carbocycles. The van der Waals surface area contributed by atoms with Gasteiger partial charge in [-0.25, -0.2) is 4.79 Å². The lowest BCUT2D eigenvalue weighted by atomic mass is 9.80. The van der Waals surface area contributed by atoms with Gasteiger partial charge in [0, 0.05) is 24.5 Å². The Balaban J connectivity index is 1.89. The molecule has 3 rings (SSSR count). The SMILES string of the molecule is CCOC(=O)NC1CNC(C(c2ccc(C(C)(C)C)cc2)c2ccc(C(C)(C)C)cc2)C1. The van der Waals surface area contributed by atoms with E-state index in [1.54, 1.807) is 0 Å². The van der Waals surface area contributed by atoms with Gasteiger partial charge >= 0.3 is 6.09 Å². The maximum atomic E-state index is 11.9. The van der Waals surface area contributed by atoms with Gasteiger partial charge in [0.1, 0.15) is 0 Å². The summed E-state index contributed by atoms with van der Waals surface area (Å²) in [6, 6.07) is 18.4. The second kappa shape index (κ2) is 9.66. The first-order chi connectivity index (χ1) is 15.0. The topological polar surface area (TPSA) is 50.4 Å². The Morgan fingerprint density at radius 3 is 1.81 bits per heavy atom. The number of ether oxygens (including phenoxy) is 1. The van der Waals surface area contributed by atoms with Gasteiger partial charge in [-0.2, -0.15) is 0 Å². The Morgan fingerprint density at radius 2 is 1.41 bits per heavy atom. The fourth-order valence-electron chi connectivity index (χ4n) is 4.51. The predicted octanol–water partition coefficient (Wildman–Crippen LogP) is 5.89. The third-order valence-electron chi connectivity index (χ3n) is 6.44. The van der Waals surface area contributed by atoms with Crippen LogP contribution in [-0.4, -0.2) is 31.3 Å². The van der Waals surface area contributed by atoms with E-state index >= 15 is 0 Å². The molecule has 1 aliphatic rings. The van der Waals surface area contributed by atoms with E-state index in [9.17, 15) is 4.79 Å². The fourth-order valence-corrected chi connectivity index (χ4v) is 4.51. The van der Waals surface area contributed by atoms with Crippen LogP contribution in [0.4, 0.5) is 4.79 Å². The van der Waals surface area contributed by atoms with Crippen LogP contribution in [-0.2, 0) is 15.6 Å². The zero-order valence-corrected chi connectivity index (χ0v) is 20.8. The Hall–Kier alpha value is -2.33. The number of amides is 1. The molecule has 0 radical (unpaired) electrons. The van der Waals surface area contributed by atoms with Crippen LogP contribution in [0.5, 0.6) is 0 Å². The molecule has 4 heteroatoms. The van der Waals surface area contributed by atoms with Crippen LogP contribution in [0.2, 0.25) is 0 Å². The molecule has 1 amide bonds. The number of nitrogens with one attached hydrogen (secondary N) is 2. The second-order valence-electron chi connectivity index (χ2n) is 11.0. The van der Waals surface area contributed by atoms with Crippen molar-refractivity contribution in [3.63, 3.8) is 0 Å². The summed E-state index contributed by atoms with van der Waals surface area (Å²) < 4.78 is 5.08. The molecule has 0 spiro atoms. The second-order valence-corrected chi connectivity index (χ2v) is 11.0. The van der Waals surface area contributed by atoms with Gasteiger partial charge in [0.15, 0.2) is 0 Å². The number of benzene rings is 2. The first-order valence-electron chi connectivity index (χ1n) is 11.9. The van der Waals surface area contributed by atoms with Crippen molar-refractivity contribution in [2.24, 2.45) is 0 Å². The maximum Gasteiger partial charge on any atom is 0.407 e. The third kappa shape index (κ3) is 5.92. The van der Waals surface area contributed by atoms with E-state index in [1.165, 1.54) is 22.3 Å². The lowest BCUT2D eigenvalue weighted by Gasteiger charge is -2.27. The van der Waals surface area contributed by atoms with Crippen LogP contribution in [0.1, 0.15) is 83.1 Å². The van der Waals surface area contributed by atoms with Gasteiger partial charge in [-0.1, -0.05) is 90.1 Å².